The van der Waals surface area contributed by atoms with Gasteiger partial charge in [-0.1, -0.05) is 38.1 Å². The molecule has 2 unspecified atom stereocenters. The van der Waals surface area contributed by atoms with Gasteiger partial charge in [0.15, 0.2) is 0 Å². The monoisotopic (exact) mass is 592 g/mol. The van der Waals surface area contributed by atoms with Gasteiger partial charge in [0.2, 0.25) is 0 Å². The normalized spacial score (nSPS) is 19.0. The van der Waals surface area contributed by atoms with E-state index in [1.165, 1.54) is 85.9 Å². The number of hydrogen-bond donors (Lipinski definition) is 2. The zero-order valence-corrected chi connectivity index (χ0v) is 26.2. The van der Waals surface area contributed by atoms with Crippen LogP contribution in [0.4, 0.5) is 0 Å². The van der Waals surface area contributed by atoms with Crippen LogP contribution >= 0.6 is 23.5 Å². The minimum atomic E-state index is -5.17. The molecular weight excluding hydrogens is 549 g/mol. The highest BCUT2D eigenvalue weighted by atomic mass is 32.3. The largest absolute Gasteiger partial charge is 0.759 e. The highest BCUT2D eigenvalue weighted by molar-refractivity contribution is 7.98. The van der Waals surface area contributed by atoms with Gasteiger partial charge in [-0.2, -0.15) is 0 Å². The summed E-state index contributed by atoms with van der Waals surface area (Å²) in [6.45, 7) is 12.2. The summed E-state index contributed by atoms with van der Waals surface area (Å²) in [4.78, 5) is 6.20. The summed E-state index contributed by atoms with van der Waals surface area (Å²) >= 11 is 3.65. The maximum absolute atomic E-state index is 8.52. The molecule has 2 atom stereocenters. The first-order valence-electron chi connectivity index (χ1n) is 13.7. The summed E-state index contributed by atoms with van der Waals surface area (Å²) < 4.78 is 34.1. The van der Waals surface area contributed by atoms with Gasteiger partial charge in [0.05, 0.1) is 39.3 Å². The fraction of sp³-hybridized carbons (Fsp3) is 0.467. The SMILES string of the molecule is CCC[NH+]1CC=C(c2cccc(SC)c2)CC1.CCC[NH+]1CC=C(c2cccc(SC)c2)CC1.O=S(=O)([O-])[O-]. The molecule has 0 bridgehead atoms. The van der Waals surface area contributed by atoms with Gasteiger partial charge in [0.25, 0.3) is 0 Å². The summed E-state index contributed by atoms with van der Waals surface area (Å²) in [5.41, 5.74) is 5.93. The summed E-state index contributed by atoms with van der Waals surface area (Å²) in [6.07, 6.45) is 14.2. The zero-order valence-electron chi connectivity index (χ0n) is 23.7. The van der Waals surface area contributed by atoms with E-state index in [1.54, 1.807) is 20.9 Å². The molecule has 0 saturated heterocycles. The van der Waals surface area contributed by atoms with Crippen molar-refractivity contribution in [1.82, 2.24) is 0 Å². The molecule has 0 aliphatic carbocycles. The number of quaternary nitrogens is 2. The van der Waals surface area contributed by atoms with Gasteiger partial charge in [0, 0.05) is 33.0 Å². The first kappa shape index (κ1) is 33.6. The highest BCUT2D eigenvalue weighted by Crippen LogP contribution is 2.24. The maximum atomic E-state index is 8.52. The van der Waals surface area contributed by atoms with Crippen molar-refractivity contribution in [1.29, 1.82) is 0 Å². The molecule has 2 N–H and O–H groups in total. The second kappa shape index (κ2) is 18.0. The summed E-state index contributed by atoms with van der Waals surface area (Å²) in [6, 6.07) is 17.9. The van der Waals surface area contributed by atoms with Crippen LogP contribution in [-0.2, 0) is 10.4 Å². The Hall–Kier alpha value is -1.59. The first-order chi connectivity index (χ1) is 18.7. The molecule has 2 aromatic carbocycles. The van der Waals surface area contributed by atoms with Crippen molar-refractivity contribution in [2.75, 3.05) is 51.8 Å². The average molecular weight is 593 g/mol. The number of hydrogen-bond acceptors (Lipinski definition) is 6. The first-order valence-corrected chi connectivity index (χ1v) is 17.5. The van der Waals surface area contributed by atoms with Gasteiger partial charge in [-0.3, -0.25) is 8.42 Å². The van der Waals surface area contributed by atoms with Crippen LogP contribution in [0, 0.1) is 0 Å². The van der Waals surface area contributed by atoms with E-state index < -0.39 is 10.4 Å². The summed E-state index contributed by atoms with van der Waals surface area (Å²) in [5.74, 6) is 0. The Balaban J connectivity index is 0.000000234. The Morgan fingerprint density at radius 1 is 0.744 bits per heavy atom. The molecule has 0 aromatic heterocycles. The van der Waals surface area contributed by atoms with Gasteiger partial charge in [0.1, 0.15) is 0 Å². The predicted octanol–water partition coefficient (Wildman–Crippen LogP) is 3.64. The highest BCUT2D eigenvalue weighted by Gasteiger charge is 2.16. The number of benzene rings is 2. The van der Waals surface area contributed by atoms with Crippen molar-refractivity contribution in [3.63, 3.8) is 0 Å². The lowest BCUT2D eigenvalue weighted by Gasteiger charge is -2.23. The minimum absolute atomic E-state index is 1.20. The van der Waals surface area contributed by atoms with Crippen molar-refractivity contribution >= 4 is 45.1 Å². The quantitative estimate of drug-likeness (QED) is 0.277. The fourth-order valence-electron chi connectivity index (χ4n) is 4.90. The molecule has 2 aromatic rings. The van der Waals surface area contributed by atoms with Gasteiger partial charge in [-0.25, -0.2) is 0 Å². The van der Waals surface area contributed by atoms with E-state index in [0.29, 0.717) is 0 Å². The number of nitrogens with one attached hydrogen (secondary N) is 2. The zero-order chi connectivity index (χ0) is 28.7. The number of rotatable bonds is 8. The molecule has 9 heteroatoms. The molecule has 0 amide bonds. The number of thioether (sulfide) groups is 2. The third-order valence-corrected chi connectivity index (χ3v) is 8.31. The fourth-order valence-corrected chi connectivity index (χ4v) is 5.82. The predicted molar refractivity (Wildman–Crippen MR) is 164 cm³/mol. The Kier molecular flexibility index (Phi) is 15.5. The van der Waals surface area contributed by atoms with Crippen molar-refractivity contribution in [2.45, 2.75) is 49.3 Å². The standard InChI is InChI=1S/2C15H21NS.H2O4S/c2*1-3-9-16-10-7-13(8-11-16)14-5-4-6-15(12-14)17-2;1-5(2,3)4/h2*4-7,12H,3,8-11H2,1-2H3;(H2,1,2,3,4). The Bertz CT molecular complexity index is 1100. The van der Waals surface area contributed by atoms with Gasteiger partial charge in [-0.15, -0.1) is 23.5 Å². The van der Waals surface area contributed by atoms with E-state index >= 15 is 0 Å². The minimum Gasteiger partial charge on any atom is -0.759 e. The lowest BCUT2D eigenvalue weighted by molar-refractivity contribution is -0.895. The second-order valence-electron chi connectivity index (χ2n) is 9.74. The van der Waals surface area contributed by atoms with Crippen LogP contribution in [-0.4, -0.2) is 69.3 Å². The molecule has 39 heavy (non-hydrogen) atoms. The molecule has 4 rings (SSSR count). The van der Waals surface area contributed by atoms with E-state index in [4.69, 9.17) is 17.5 Å². The third kappa shape index (κ3) is 13.5. The van der Waals surface area contributed by atoms with Crippen LogP contribution in [0.1, 0.15) is 50.7 Å². The van der Waals surface area contributed by atoms with Gasteiger partial charge < -0.3 is 18.9 Å². The van der Waals surface area contributed by atoms with Gasteiger partial charge in [-0.05, 0) is 84.0 Å². The van der Waals surface area contributed by atoms with Crippen LogP contribution < -0.4 is 9.80 Å². The van der Waals surface area contributed by atoms with Crippen LogP contribution in [0.25, 0.3) is 11.1 Å². The van der Waals surface area contributed by atoms with Crippen LogP contribution in [0.5, 0.6) is 0 Å². The third-order valence-electron chi connectivity index (χ3n) is 6.86. The Morgan fingerprint density at radius 3 is 1.41 bits per heavy atom. The molecule has 2 heterocycles. The Morgan fingerprint density at radius 2 is 1.13 bits per heavy atom. The maximum Gasteiger partial charge on any atom is 0.0964 e. The van der Waals surface area contributed by atoms with E-state index in [9.17, 15) is 0 Å². The molecule has 216 valence electrons. The molecule has 0 saturated carbocycles. The molecule has 2 aliphatic heterocycles. The van der Waals surface area contributed by atoms with Crippen LogP contribution in [0.2, 0.25) is 0 Å². The molecule has 0 spiro atoms. The van der Waals surface area contributed by atoms with Crippen LogP contribution in [0.3, 0.4) is 0 Å². The van der Waals surface area contributed by atoms with E-state index in [2.05, 4.69) is 87.0 Å². The van der Waals surface area contributed by atoms with Gasteiger partial charge >= 0.3 is 0 Å². The Labute approximate surface area is 244 Å². The van der Waals surface area contributed by atoms with Crippen LogP contribution in [0.15, 0.2) is 70.5 Å². The average Bonchev–Trinajstić information content (AvgIpc) is 2.94. The summed E-state index contributed by atoms with van der Waals surface area (Å²) in [5, 5.41) is 0. The van der Waals surface area contributed by atoms with Crippen molar-refractivity contribution in [2.24, 2.45) is 0 Å². The van der Waals surface area contributed by atoms with Crippen molar-refractivity contribution in [3.8, 4) is 0 Å². The van der Waals surface area contributed by atoms with Crippen molar-refractivity contribution < 1.29 is 27.3 Å². The summed E-state index contributed by atoms with van der Waals surface area (Å²) in [7, 11) is -5.17. The molecule has 2 aliphatic rings. The van der Waals surface area contributed by atoms with Crippen molar-refractivity contribution in [3.05, 3.63) is 71.8 Å². The second-order valence-corrected chi connectivity index (χ2v) is 12.3. The topological polar surface area (TPSA) is 89.1 Å². The van der Waals surface area contributed by atoms with E-state index in [0.717, 1.165) is 0 Å². The molecule has 0 radical (unpaired) electrons. The smallest absolute Gasteiger partial charge is 0.0964 e. The molecule has 6 nitrogen and oxygen atoms in total. The van der Waals surface area contributed by atoms with E-state index in [-0.39, 0.29) is 0 Å². The lowest BCUT2D eigenvalue weighted by atomic mass is 9.99. The molecule has 0 fully saturated rings. The van der Waals surface area contributed by atoms with E-state index in [1.807, 2.05) is 23.5 Å². The molecular formula is C30H44N2O4S3. The lowest BCUT2D eigenvalue weighted by Crippen LogP contribution is -3.12.